The smallest absolute Gasteiger partial charge is 0.127 e. The third-order valence-corrected chi connectivity index (χ3v) is 3.69. The zero-order valence-electron chi connectivity index (χ0n) is 10.2. The number of hydrogen-bond donors (Lipinski definition) is 1. The Morgan fingerprint density at radius 1 is 0.789 bits per heavy atom. The topological polar surface area (TPSA) is 35.2 Å². The number of rotatable bonds is 3. The minimum absolute atomic E-state index is 0.736. The lowest BCUT2D eigenvalue weighted by molar-refractivity contribution is 0.483. The van der Waals surface area contributed by atoms with Gasteiger partial charge in [0.25, 0.3) is 0 Å². The standard InChI is InChI=1S/C16H13NOS/c17-13-5-9-15(10-6-13)18-14-7-3-12(4-8-14)16-2-1-11-19-16/h1-11H,17H2. The van der Waals surface area contributed by atoms with Gasteiger partial charge in [-0.1, -0.05) is 6.07 Å². The molecule has 0 aliphatic carbocycles. The number of nitrogen functional groups attached to an aromatic ring is 1. The van der Waals surface area contributed by atoms with Crippen molar-refractivity contribution in [3.63, 3.8) is 0 Å². The molecule has 1 heterocycles. The van der Waals surface area contributed by atoms with Crippen molar-refractivity contribution in [2.45, 2.75) is 0 Å². The van der Waals surface area contributed by atoms with Crippen molar-refractivity contribution in [1.82, 2.24) is 0 Å². The van der Waals surface area contributed by atoms with Gasteiger partial charge in [-0.05, 0) is 65.5 Å². The molecule has 2 nitrogen and oxygen atoms in total. The van der Waals surface area contributed by atoms with E-state index in [0.29, 0.717) is 0 Å². The van der Waals surface area contributed by atoms with E-state index in [-0.39, 0.29) is 0 Å². The maximum Gasteiger partial charge on any atom is 0.127 e. The second kappa shape index (κ2) is 5.16. The molecule has 3 heteroatoms. The maximum absolute atomic E-state index is 5.75. The van der Waals surface area contributed by atoms with Gasteiger partial charge in [0.1, 0.15) is 11.5 Å². The van der Waals surface area contributed by atoms with Gasteiger partial charge < -0.3 is 10.5 Å². The average Bonchev–Trinajstić information content (AvgIpc) is 2.96. The molecule has 0 fully saturated rings. The number of nitrogens with two attached hydrogens (primary N) is 1. The van der Waals surface area contributed by atoms with Gasteiger partial charge in [0, 0.05) is 10.6 Å². The van der Waals surface area contributed by atoms with Gasteiger partial charge in [-0.15, -0.1) is 11.3 Å². The fraction of sp³-hybridized carbons (Fsp3) is 0. The van der Waals surface area contributed by atoms with E-state index in [0.717, 1.165) is 17.2 Å². The molecule has 0 bridgehead atoms. The molecule has 0 saturated carbocycles. The summed E-state index contributed by atoms with van der Waals surface area (Å²) in [6, 6.07) is 19.6. The van der Waals surface area contributed by atoms with E-state index in [4.69, 9.17) is 10.5 Å². The summed E-state index contributed by atoms with van der Waals surface area (Å²) in [5, 5.41) is 2.08. The number of ether oxygens (including phenoxy) is 1. The van der Waals surface area contributed by atoms with Crippen LogP contribution in [0.1, 0.15) is 0 Å². The molecule has 0 spiro atoms. The number of thiophene rings is 1. The Morgan fingerprint density at radius 2 is 1.42 bits per heavy atom. The number of hydrogen-bond acceptors (Lipinski definition) is 3. The van der Waals surface area contributed by atoms with E-state index < -0.39 is 0 Å². The Balaban J connectivity index is 1.77. The van der Waals surface area contributed by atoms with Crippen LogP contribution in [-0.2, 0) is 0 Å². The summed E-state index contributed by atoms with van der Waals surface area (Å²) in [5.74, 6) is 1.61. The Bertz CT molecular complexity index is 642. The van der Waals surface area contributed by atoms with Crippen LogP contribution in [0.15, 0.2) is 66.0 Å². The predicted molar refractivity (Wildman–Crippen MR) is 80.7 cm³/mol. The van der Waals surface area contributed by atoms with E-state index in [1.165, 1.54) is 10.4 Å². The lowest BCUT2D eigenvalue weighted by Gasteiger charge is -2.06. The Kier molecular flexibility index (Phi) is 3.21. The Labute approximate surface area is 116 Å². The minimum Gasteiger partial charge on any atom is -0.457 e. The average molecular weight is 267 g/mol. The van der Waals surface area contributed by atoms with Gasteiger partial charge in [0.2, 0.25) is 0 Å². The van der Waals surface area contributed by atoms with Crippen LogP contribution in [0, 0.1) is 0 Å². The molecular formula is C16H13NOS. The van der Waals surface area contributed by atoms with Crippen molar-refractivity contribution in [3.05, 3.63) is 66.0 Å². The summed E-state index contributed by atoms with van der Waals surface area (Å²) in [6.07, 6.45) is 0. The minimum atomic E-state index is 0.736. The first-order valence-corrected chi connectivity index (χ1v) is 6.86. The van der Waals surface area contributed by atoms with Gasteiger partial charge in [0.15, 0.2) is 0 Å². The number of anilines is 1. The normalized spacial score (nSPS) is 10.3. The van der Waals surface area contributed by atoms with E-state index in [9.17, 15) is 0 Å². The van der Waals surface area contributed by atoms with E-state index in [2.05, 4.69) is 29.6 Å². The van der Waals surface area contributed by atoms with Gasteiger partial charge >= 0.3 is 0 Å². The lowest BCUT2D eigenvalue weighted by Crippen LogP contribution is -1.86. The largest absolute Gasteiger partial charge is 0.457 e. The molecule has 0 aliphatic heterocycles. The van der Waals surface area contributed by atoms with Gasteiger partial charge in [-0.3, -0.25) is 0 Å². The van der Waals surface area contributed by atoms with Crippen LogP contribution in [0.4, 0.5) is 5.69 Å². The lowest BCUT2D eigenvalue weighted by atomic mass is 10.2. The third kappa shape index (κ3) is 2.77. The highest BCUT2D eigenvalue weighted by molar-refractivity contribution is 7.13. The molecule has 3 aromatic rings. The van der Waals surface area contributed by atoms with Crippen LogP contribution in [-0.4, -0.2) is 0 Å². The highest BCUT2D eigenvalue weighted by Gasteiger charge is 2.00. The quantitative estimate of drug-likeness (QED) is 0.692. The highest BCUT2D eigenvalue weighted by atomic mass is 32.1. The van der Waals surface area contributed by atoms with Crippen LogP contribution in [0.25, 0.3) is 10.4 Å². The van der Waals surface area contributed by atoms with Crippen LogP contribution >= 0.6 is 11.3 Å². The molecule has 2 N–H and O–H groups in total. The van der Waals surface area contributed by atoms with Crippen molar-refractivity contribution in [2.75, 3.05) is 5.73 Å². The summed E-state index contributed by atoms with van der Waals surface area (Å²) < 4.78 is 5.75. The molecule has 1 aromatic heterocycles. The molecule has 19 heavy (non-hydrogen) atoms. The molecule has 0 unspecified atom stereocenters. The highest BCUT2D eigenvalue weighted by Crippen LogP contribution is 2.28. The maximum atomic E-state index is 5.75. The molecule has 0 saturated heterocycles. The van der Waals surface area contributed by atoms with Gasteiger partial charge in [-0.2, -0.15) is 0 Å². The first-order valence-electron chi connectivity index (χ1n) is 5.98. The fourth-order valence-corrected chi connectivity index (χ4v) is 2.54. The first kappa shape index (κ1) is 11.8. The van der Waals surface area contributed by atoms with Crippen molar-refractivity contribution in [3.8, 4) is 21.9 Å². The molecule has 0 radical (unpaired) electrons. The van der Waals surface area contributed by atoms with Crippen molar-refractivity contribution in [2.24, 2.45) is 0 Å². The second-order valence-corrected chi connectivity index (χ2v) is 5.12. The van der Waals surface area contributed by atoms with Crippen LogP contribution in [0.5, 0.6) is 11.5 Å². The van der Waals surface area contributed by atoms with E-state index in [1.54, 1.807) is 11.3 Å². The van der Waals surface area contributed by atoms with Crippen molar-refractivity contribution >= 4 is 17.0 Å². The second-order valence-electron chi connectivity index (χ2n) is 4.17. The number of benzene rings is 2. The van der Waals surface area contributed by atoms with Crippen molar-refractivity contribution < 1.29 is 4.74 Å². The van der Waals surface area contributed by atoms with Crippen LogP contribution < -0.4 is 10.5 Å². The summed E-state index contributed by atoms with van der Waals surface area (Å²) >= 11 is 1.73. The molecule has 94 valence electrons. The third-order valence-electron chi connectivity index (χ3n) is 2.78. The summed E-state index contributed by atoms with van der Waals surface area (Å²) in [6.45, 7) is 0. The molecule has 3 rings (SSSR count). The van der Waals surface area contributed by atoms with Crippen LogP contribution in [0.3, 0.4) is 0 Å². The summed E-state index contributed by atoms with van der Waals surface area (Å²) in [5.41, 5.74) is 7.58. The predicted octanol–water partition coefficient (Wildman–Crippen LogP) is 4.79. The van der Waals surface area contributed by atoms with Crippen molar-refractivity contribution in [1.29, 1.82) is 0 Å². The Hall–Kier alpha value is -2.26. The molecule has 0 amide bonds. The summed E-state index contributed by atoms with van der Waals surface area (Å²) in [7, 11) is 0. The Morgan fingerprint density at radius 3 is 2.00 bits per heavy atom. The zero-order valence-corrected chi connectivity index (χ0v) is 11.1. The van der Waals surface area contributed by atoms with Gasteiger partial charge in [-0.25, -0.2) is 0 Å². The molecule has 0 atom stereocenters. The van der Waals surface area contributed by atoms with Gasteiger partial charge in [0.05, 0.1) is 0 Å². The van der Waals surface area contributed by atoms with E-state index >= 15 is 0 Å². The first-order chi connectivity index (χ1) is 9.31. The van der Waals surface area contributed by atoms with E-state index in [1.807, 2.05) is 36.4 Å². The van der Waals surface area contributed by atoms with Crippen LogP contribution in [0.2, 0.25) is 0 Å². The fourth-order valence-electron chi connectivity index (χ4n) is 1.80. The monoisotopic (exact) mass is 267 g/mol. The molecule has 0 aliphatic rings. The molecule has 2 aromatic carbocycles. The zero-order chi connectivity index (χ0) is 13.1. The summed E-state index contributed by atoms with van der Waals surface area (Å²) in [4.78, 5) is 1.26. The molecular weight excluding hydrogens is 254 g/mol. The SMILES string of the molecule is Nc1ccc(Oc2ccc(-c3cccs3)cc2)cc1.